The number of hydrogen-bond acceptors (Lipinski definition) is 5. The Hall–Kier alpha value is -1.36. The van der Waals surface area contributed by atoms with Crippen molar-refractivity contribution in [3.63, 3.8) is 0 Å². The zero-order chi connectivity index (χ0) is 10.5. The molecular weight excluding hydrogens is 192 g/mol. The van der Waals surface area contributed by atoms with Crippen LogP contribution in [0.4, 0.5) is 6.01 Å². The summed E-state index contributed by atoms with van der Waals surface area (Å²) in [6.07, 6.45) is 4.44. The van der Waals surface area contributed by atoms with E-state index in [2.05, 4.69) is 26.9 Å². The summed E-state index contributed by atoms with van der Waals surface area (Å²) < 4.78 is 4.95. The van der Waals surface area contributed by atoms with Gasteiger partial charge in [0.15, 0.2) is 5.82 Å². The molecule has 2 rings (SSSR count). The predicted octanol–water partition coefficient (Wildman–Crippen LogP) is 1.10. The van der Waals surface area contributed by atoms with Crippen LogP contribution >= 0.6 is 0 Å². The molecule has 0 spiro atoms. The Morgan fingerprint density at radius 1 is 1.60 bits per heavy atom. The Balaban J connectivity index is 1.72. The monoisotopic (exact) mass is 208 g/mol. The molecule has 0 atom stereocenters. The van der Waals surface area contributed by atoms with Crippen molar-refractivity contribution in [2.24, 2.45) is 0 Å². The van der Waals surface area contributed by atoms with Crippen molar-refractivity contribution in [1.82, 2.24) is 15.5 Å². The molecule has 2 N–H and O–H groups in total. The molecule has 0 bridgehead atoms. The van der Waals surface area contributed by atoms with Crippen molar-refractivity contribution in [2.45, 2.75) is 19.8 Å². The summed E-state index contributed by atoms with van der Waals surface area (Å²) in [4.78, 5) is 4.07. The van der Waals surface area contributed by atoms with E-state index in [1.54, 1.807) is 0 Å². The van der Waals surface area contributed by atoms with E-state index >= 15 is 0 Å². The van der Waals surface area contributed by atoms with Crippen LogP contribution in [-0.4, -0.2) is 29.8 Å². The fraction of sp³-hybridized carbons (Fsp3) is 0.600. The normalized spacial score (nSPS) is 16.2. The Kier molecular flexibility index (Phi) is 3.34. The number of anilines is 1. The second-order valence-electron chi connectivity index (χ2n) is 3.64. The summed E-state index contributed by atoms with van der Waals surface area (Å²) in [5, 5.41) is 10.1. The van der Waals surface area contributed by atoms with E-state index in [1.807, 2.05) is 6.92 Å². The van der Waals surface area contributed by atoms with Crippen molar-refractivity contribution >= 4 is 6.01 Å². The quantitative estimate of drug-likeness (QED) is 0.725. The van der Waals surface area contributed by atoms with E-state index in [9.17, 15) is 0 Å². The molecule has 5 nitrogen and oxygen atoms in total. The third kappa shape index (κ3) is 3.06. The number of aryl methyl sites for hydroxylation is 1. The molecule has 2 heterocycles. The lowest BCUT2D eigenvalue weighted by Crippen LogP contribution is -2.21. The molecule has 0 radical (unpaired) electrons. The lowest BCUT2D eigenvalue weighted by atomic mass is 10.1. The maximum absolute atomic E-state index is 4.95. The molecule has 0 aliphatic carbocycles. The third-order valence-electron chi connectivity index (χ3n) is 2.41. The fourth-order valence-corrected chi connectivity index (χ4v) is 1.60. The first-order valence-corrected chi connectivity index (χ1v) is 5.27. The zero-order valence-electron chi connectivity index (χ0n) is 8.92. The molecule has 0 fully saturated rings. The molecule has 1 aromatic heterocycles. The van der Waals surface area contributed by atoms with Gasteiger partial charge in [-0.1, -0.05) is 16.8 Å². The molecule has 0 aromatic carbocycles. The van der Waals surface area contributed by atoms with Crippen molar-refractivity contribution in [1.29, 1.82) is 0 Å². The van der Waals surface area contributed by atoms with Gasteiger partial charge in [0.2, 0.25) is 0 Å². The lowest BCUT2D eigenvalue weighted by molar-refractivity contribution is 0.425. The minimum absolute atomic E-state index is 0.516. The maximum Gasteiger partial charge on any atom is 0.321 e. The highest BCUT2D eigenvalue weighted by Crippen LogP contribution is 2.10. The van der Waals surface area contributed by atoms with Gasteiger partial charge >= 0.3 is 6.01 Å². The molecule has 0 saturated heterocycles. The first-order chi connectivity index (χ1) is 7.34. The van der Waals surface area contributed by atoms with E-state index in [0.717, 1.165) is 32.5 Å². The Bertz CT molecular complexity index is 345. The van der Waals surface area contributed by atoms with Gasteiger partial charge in [0, 0.05) is 13.1 Å². The number of nitrogens with one attached hydrogen (secondary N) is 2. The summed E-state index contributed by atoms with van der Waals surface area (Å²) in [6, 6.07) is 0.516. The predicted molar refractivity (Wildman–Crippen MR) is 57.7 cm³/mol. The smallest absolute Gasteiger partial charge is 0.321 e. The van der Waals surface area contributed by atoms with Gasteiger partial charge in [-0.2, -0.15) is 4.98 Å². The van der Waals surface area contributed by atoms with Gasteiger partial charge in [0.05, 0.1) is 0 Å². The van der Waals surface area contributed by atoms with E-state index in [4.69, 9.17) is 4.52 Å². The molecule has 1 aliphatic heterocycles. The van der Waals surface area contributed by atoms with Crippen molar-refractivity contribution < 1.29 is 4.52 Å². The molecule has 0 unspecified atom stereocenters. The fourth-order valence-electron chi connectivity index (χ4n) is 1.60. The lowest BCUT2D eigenvalue weighted by Gasteiger charge is -2.13. The van der Waals surface area contributed by atoms with Crippen LogP contribution in [0.1, 0.15) is 18.7 Å². The molecule has 0 saturated carbocycles. The topological polar surface area (TPSA) is 63.0 Å². The number of nitrogens with zero attached hydrogens (tertiary/aromatic N) is 2. The average Bonchev–Trinajstić information content (AvgIpc) is 2.66. The first kappa shape index (κ1) is 10.2. The first-order valence-electron chi connectivity index (χ1n) is 5.27. The molecule has 82 valence electrons. The van der Waals surface area contributed by atoms with Crippen LogP contribution in [0.25, 0.3) is 0 Å². The van der Waals surface area contributed by atoms with Crippen LogP contribution in [0.3, 0.4) is 0 Å². The van der Waals surface area contributed by atoms with E-state index in [0.29, 0.717) is 11.8 Å². The standard InChI is InChI=1S/C10H16N4O/c1-8-13-10(15-14-8)12-7-4-9-2-5-11-6-3-9/h2,11H,3-7H2,1H3,(H,12,13,14). The highest BCUT2D eigenvalue weighted by Gasteiger charge is 2.04. The highest BCUT2D eigenvalue weighted by atomic mass is 16.5. The largest absolute Gasteiger partial charge is 0.337 e. The number of hydrogen-bond donors (Lipinski definition) is 2. The zero-order valence-corrected chi connectivity index (χ0v) is 8.92. The van der Waals surface area contributed by atoms with Crippen molar-refractivity contribution in [3.8, 4) is 0 Å². The number of aromatic nitrogens is 2. The van der Waals surface area contributed by atoms with Gasteiger partial charge in [-0.05, 0) is 26.3 Å². The number of rotatable bonds is 4. The third-order valence-corrected chi connectivity index (χ3v) is 2.41. The van der Waals surface area contributed by atoms with Crippen molar-refractivity contribution in [2.75, 3.05) is 25.0 Å². The van der Waals surface area contributed by atoms with Crippen molar-refractivity contribution in [3.05, 3.63) is 17.5 Å². The van der Waals surface area contributed by atoms with Crippen LogP contribution in [0, 0.1) is 6.92 Å². The molecule has 0 amide bonds. The van der Waals surface area contributed by atoms with Crippen LogP contribution in [0.15, 0.2) is 16.2 Å². The van der Waals surface area contributed by atoms with E-state index < -0.39 is 0 Å². The molecule has 1 aromatic rings. The molecule has 5 heteroatoms. The average molecular weight is 208 g/mol. The van der Waals surface area contributed by atoms with E-state index in [-0.39, 0.29) is 0 Å². The van der Waals surface area contributed by atoms with Crippen LogP contribution in [0.2, 0.25) is 0 Å². The van der Waals surface area contributed by atoms with Crippen LogP contribution in [0.5, 0.6) is 0 Å². The van der Waals surface area contributed by atoms with Gasteiger partial charge < -0.3 is 15.2 Å². The van der Waals surface area contributed by atoms with Gasteiger partial charge in [-0.15, -0.1) is 0 Å². The van der Waals surface area contributed by atoms with Gasteiger partial charge in [0.1, 0.15) is 0 Å². The van der Waals surface area contributed by atoms with Gasteiger partial charge in [-0.3, -0.25) is 0 Å². The Labute approximate surface area is 88.9 Å². The Morgan fingerprint density at radius 3 is 3.20 bits per heavy atom. The molecular formula is C10H16N4O. The summed E-state index contributed by atoms with van der Waals surface area (Å²) in [6.45, 7) is 4.75. The minimum atomic E-state index is 0.516. The summed E-state index contributed by atoms with van der Waals surface area (Å²) >= 11 is 0. The second-order valence-corrected chi connectivity index (χ2v) is 3.64. The summed E-state index contributed by atoms with van der Waals surface area (Å²) in [5.74, 6) is 0.665. The van der Waals surface area contributed by atoms with Gasteiger partial charge in [0.25, 0.3) is 0 Å². The van der Waals surface area contributed by atoms with Crippen LogP contribution < -0.4 is 10.6 Å². The van der Waals surface area contributed by atoms with Crippen LogP contribution in [-0.2, 0) is 0 Å². The molecule has 15 heavy (non-hydrogen) atoms. The van der Waals surface area contributed by atoms with E-state index in [1.165, 1.54) is 5.57 Å². The summed E-state index contributed by atoms with van der Waals surface area (Å²) in [7, 11) is 0. The minimum Gasteiger partial charge on any atom is -0.337 e. The SMILES string of the molecule is Cc1noc(NCCC2=CCNCC2)n1. The maximum atomic E-state index is 4.95. The van der Waals surface area contributed by atoms with Gasteiger partial charge in [-0.25, -0.2) is 0 Å². The summed E-state index contributed by atoms with van der Waals surface area (Å²) in [5.41, 5.74) is 1.50. The Morgan fingerprint density at radius 2 is 2.53 bits per heavy atom. The highest BCUT2D eigenvalue weighted by molar-refractivity contribution is 5.19. The molecule has 1 aliphatic rings. The second kappa shape index (κ2) is 4.93.